The van der Waals surface area contributed by atoms with Crippen molar-refractivity contribution in [1.29, 1.82) is 0 Å². The Morgan fingerprint density at radius 1 is 0.556 bits per heavy atom. The second-order valence-electron chi connectivity index (χ2n) is 4.98. The van der Waals surface area contributed by atoms with Crippen molar-refractivity contribution in [2.24, 2.45) is 9.98 Å². The van der Waals surface area contributed by atoms with Gasteiger partial charge in [0.25, 0.3) is 0 Å². The summed E-state index contributed by atoms with van der Waals surface area (Å²) >= 11 is 0. The molecule has 0 aromatic carbocycles. The molecule has 128 valence electrons. The van der Waals surface area contributed by atoms with Crippen molar-refractivity contribution in [1.82, 2.24) is 19.9 Å². The molecule has 0 unspecified atom stereocenters. The summed E-state index contributed by atoms with van der Waals surface area (Å²) in [5, 5.41) is 0. The third-order valence-electron chi connectivity index (χ3n) is 3.06. The summed E-state index contributed by atoms with van der Waals surface area (Å²) in [6.45, 7) is 0. The fourth-order valence-corrected chi connectivity index (χ4v) is 1.91. The van der Waals surface area contributed by atoms with Gasteiger partial charge in [-0.05, 0) is 24.3 Å². The van der Waals surface area contributed by atoms with Crippen LogP contribution in [0.4, 0.5) is 11.6 Å². The van der Waals surface area contributed by atoms with E-state index in [1.54, 1.807) is 24.8 Å². The van der Waals surface area contributed by atoms with Crippen molar-refractivity contribution >= 4 is 11.6 Å². The first-order chi connectivity index (χ1) is 12.9. The van der Waals surface area contributed by atoms with Gasteiger partial charge in [0, 0.05) is 12.4 Å². The van der Waals surface area contributed by atoms with Crippen molar-refractivity contribution in [3.8, 4) is 0 Å². The molecule has 7 heteroatoms. The van der Waals surface area contributed by atoms with E-state index in [0.29, 0.717) is 22.6 Å². The van der Waals surface area contributed by atoms with Crippen molar-refractivity contribution < 1.29 is 19.5 Å². The zero-order valence-corrected chi connectivity index (χ0v) is 17.6. The molecule has 0 aliphatic rings. The summed E-state index contributed by atoms with van der Waals surface area (Å²) in [4.78, 5) is 24.7. The minimum absolute atomic E-state index is 0. The largest absolute Gasteiger partial charge is 2.00 e. The fourth-order valence-electron chi connectivity index (χ4n) is 1.91. The Bertz CT molecular complexity index is 921. The molecule has 27 heavy (non-hydrogen) atoms. The van der Waals surface area contributed by atoms with Gasteiger partial charge in [0.2, 0.25) is 0 Å². The van der Waals surface area contributed by atoms with E-state index in [1.807, 2.05) is 72.8 Å². The zero-order valence-electron chi connectivity index (χ0n) is 14.6. The molecule has 0 N–H and O–H groups in total. The average Bonchev–Trinajstić information content (AvgIpc) is 2.72. The molecule has 0 fully saturated rings. The van der Waals surface area contributed by atoms with E-state index in [1.165, 1.54) is 0 Å². The van der Waals surface area contributed by atoms with Crippen LogP contribution < -0.4 is 20.9 Å². The van der Waals surface area contributed by atoms with E-state index < -0.39 is 0 Å². The number of hydrogen-bond acceptors (Lipinski definition) is 4. The fraction of sp³-hybridized carbons (Fsp3) is 0. The normalized spacial score (nSPS) is 11.1. The molecule has 0 aliphatic carbocycles. The molecular weight excluding hydrogens is 390 g/mol. The molecule has 4 rings (SSSR count). The van der Waals surface area contributed by atoms with Crippen LogP contribution in [0.1, 0.15) is 0 Å². The number of pyridine rings is 4. The third kappa shape index (κ3) is 7.30. The van der Waals surface area contributed by atoms with Gasteiger partial charge in [-0.1, -0.05) is 71.9 Å². The van der Waals surface area contributed by atoms with Gasteiger partial charge in [-0.25, -0.2) is 0 Å². The van der Waals surface area contributed by atoms with Crippen molar-refractivity contribution in [2.75, 3.05) is 0 Å². The van der Waals surface area contributed by atoms with Crippen LogP contribution in [0.15, 0.2) is 108 Å². The van der Waals surface area contributed by atoms with Crippen LogP contribution in [-0.4, -0.2) is 9.97 Å². The predicted molar refractivity (Wildman–Crippen MR) is 98.4 cm³/mol. The molecule has 0 saturated carbocycles. The van der Waals surface area contributed by atoms with Crippen molar-refractivity contribution in [3.63, 3.8) is 0 Å². The first-order valence-corrected chi connectivity index (χ1v) is 7.98. The monoisotopic (exact) mass is 404 g/mol. The molecule has 0 bridgehead atoms. The average molecular weight is 406 g/mol. The maximum atomic E-state index is 4.22. The predicted octanol–water partition coefficient (Wildman–Crippen LogP) is 2.54. The summed E-state index contributed by atoms with van der Waals surface area (Å²) in [6.07, 6.45) is 6.84. The van der Waals surface area contributed by atoms with Crippen LogP contribution in [0, 0.1) is 0 Å². The third-order valence-corrected chi connectivity index (χ3v) is 3.06. The second kappa shape index (κ2) is 11.4. The van der Waals surface area contributed by atoms with E-state index >= 15 is 0 Å². The van der Waals surface area contributed by atoms with Crippen molar-refractivity contribution in [2.45, 2.75) is 0 Å². The molecule has 0 spiro atoms. The Hall–Kier alpha value is -3.18. The van der Waals surface area contributed by atoms with E-state index in [2.05, 4.69) is 29.9 Å². The smallest absolute Gasteiger partial charge is 0.443 e. The molecular formula is C20H16N6Zn. The molecule has 4 aromatic rings. The first kappa shape index (κ1) is 20.1. The Kier molecular flexibility index (Phi) is 8.53. The molecule has 0 saturated heterocycles. The first-order valence-electron chi connectivity index (χ1n) is 7.98. The quantitative estimate of drug-likeness (QED) is 0.480. The standard InChI is InChI=1S/2C10H8N3.Zn/c2*1-3-7-11-9(5-1)13-10-6-2-4-8-12-10;/h2*1-8H;/q2*-1;+2. The molecule has 0 aliphatic heterocycles. The van der Waals surface area contributed by atoms with Gasteiger partial charge in [-0.2, -0.15) is 0 Å². The van der Waals surface area contributed by atoms with Crippen LogP contribution in [0.2, 0.25) is 0 Å². The molecule has 0 amide bonds. The minimum Gasteiger partial charge on any atom is -0.443 e. The SMILES string of the molecule is [Zn+2].c1ccc(N=c2cccc[n-]2)nc1.c1ccc(N=c2cccc[n-]2)nc1. The van der Waals surface area contributed by atoms with Gasteiger partial charge >= 0.3 is 19.5 Å². The molecule has 6 nitrogen and oxygen atoms in total. The van der Waals surface area contributed by atoms with Gasteiger partial charge in [-0.15, -0.1) is 0 Å². The molecule has 4 aromatic heterocycles. The van der Waals surface area contributed by atoms with Crippen LogP contribution in [0.3, 0.4) is 0 Å². The van der Waals surface area contributed by atoms with Crippen LogP contribution in [-0.2, 0) is 19.5 Å². The number of nitrogens with zero attached hydrogens (tertiary/aromatic N) is 6. The number of rotatable bonds is 2. The zero-order chi connectivity index (χ0) is 17.9. The van der Waals surface area contributed by atoms with Crippen LogP contribution in [0.25, 0.3) is 0 Å². The van der Waals surface area contributed by atoms with E-state index in [-0.39, 0.29) is 19.5 Å². The van der Waals surface area contributed by atoms with Gasteiger partial charge < -0.3 is 20.0 Å². The van der Waals surface area contributed by atoms with Gasteiger partial charge in [0.1, 0.15) is 0 Å². The van der Waals surface area contributed by atoms with Crippen molar-refractivity contribution in [3.05, 3.63) is 109 Å². The Balaban J connectivity index is 0.000000187. The van der Waals surface area contributed by atoms with E-state index in [9.17, 15) is 0 Å². The summed E-state index contributed by atoms with van der Waals surface area (Å²) in [7, 11) is 0. The van der Waals surface area contributed by atoms with Crippen LogP contribution in [0.5, 0.6) is 0 Å². The molecule has 4 heterocycles. The second-order valence-corrected chi connectivity index (χ2v) is 4.98. The Morgan fingerprint density at radius 2 is 1.00 bits per heavy atom. The topological polar surface area (TPSA) is 78.7 Å². The Labute approximate surface area is 169 Å². The van der Waals surface area contributed by atoms with Gasteiger partial charge in [-0.3, -0.25) is 9.97 Å². The van der Waals surface area contributed by atoms with Crippen LogP contribution >= 0.6 is 0 Å². The Morgan fingerprint density at radius 3 is 1.33 bits per heavy atom. The summed E-state index contributed by atoms with van der Waals surface area (Å²) in [5.74, 6) is 1.36. The molecule has 0 atom stereocenters. The summed E-state index contributed by atoms with van der Waals surface area (Å²) < 4.78 is 0. The number of hydrogen-bond donors (Lipinski definition) is 0. The maximum Gasteiger partial charge on any atom is 2.00 e. The van der Waals surface area contributed by atoms with E-state index in [4.69, 9.17) is 0 Å². The minimum atomic E-state index is 0. The van der Waals surface area contributed by atoms with Gasteiger partial charge in [0.15, 0.2) is 0 Å². The maximum absolute atomic E-state index is 4.22. The summed E-state index contributed by atoms with van der Waals surface area (Å²) in [6, 6.07) is 22.4. The summed E-state index contributed by atoms with van der Waals surface area (Å²) in [5.41, 5.74) is 1.36. The number of aromatic nitrogens is 4. The molecule has 0 radical (unpaired) electrons. The van der Waals surface area contributed by atoms with E-state index in [0.717, 1.165) is 0 Å². The van der Waals surface area contributed by atoms with Gasteiger partial charge in [0.05, 0.1) is 11.6 Å².